The Morgan fingerprint density at radius 2 is 2.03 bits per heavy atom. The first-order valence-electron chi connectivity index (χ1n) is 8.75. The Bertz CT molecular complexity index is 1050. The van der Waals surface area contributed by atoms with Crippen molar-refractivity contribution in [2.75, 3.05) is 18.5 Å². The lowest BCUT2D eigenvalue weighted by Crippen LogP contribution is -2.13. The van der Waals surface area contributed by atoms with Crippen molar-refractivity contribution in [3.8, 4) is 17.6 Å². The lowest BCUT2D eigenvalue weighted by molar-refractivity contribution is -0.139. The van der Waals surface area contributed by atoms with Crippen molar-refractivity contribution in [3.05, 3.63) is 55.6 Å². The van der Waals surface area contributed by atoms with Gasteiger partial charge in [0.25, 0.3) is 5.91 Å². The molecule has 0 aliphatic carbocycles. The fourth-order valence-electron chi connectivity index (χ4n) is 2.39. The average molecular weight is 541 g/mol. The lowest BCUT2D eigenvalue weighted by atomic mass is 10.1. The lowest BCUT2D eigenvalue weighted by Gasteiger charge is -2.14. The molecule has 9 heteroatoms. The van der Waals surface area contributed by atoms with Gasteiger partial charge in [0, 0.05) is 10.7 Å². The summed E-state index contributed by atoms with van der Waals surface area (Å²) >= 11 is 8.05. The molecular formula is C21H18ClIN2O5. The van der Waals surface area contributed by atoms with E-state index in [1.165, 1.54) is 6.08 Å². The number of carbonyl (C=O) groups is 2. The topological polar surface area (TPSA) is 109 Å². The number of hydrogen-bond acceptors (Lipinski definition) is 5. The van der Waals surface area contributed by atoms with Crippen LogP contribution in [0.3, 0.4) is 0 Å². The Kier molecular flexibility index (Phi) is 8.50. The van der Waals surface area contributed by atoms with E-state index in [4.69, 9.17) is 26.2 Å². The summed E-state index contributed by atoms with van der Waals surface area (Å²) < 4.78 is 11.4. The zero-order valence-electron chi connectivity index (χ0n) is 16.2. The molecular weight excluding hydrogens is 523 g/mol. The van der Waals surface area contributed by atoms with Crippen molar-refractivity contribution in [2.45, 2.75) is 13.8 Å². The molecule has 0 spiro atoms. The molecule has 0 aliphatic heterocycles. The highest BCUT2D eigenvalue weighted by atomic mass is 127. The van der Waals surface area contributed by atoms with Gasteiger partial charge in [0.15, 0.2) is 18.1 Å². The maximum absolute atomic E-state index is 12.5. The van der Waals surface area contributed by atoms with Gasteiger partial charge in [0.2, 0.25) is 0 Å². The maximum atomic E-state index is 12.5. The number of nitrogens with zero attached hydrogens (tertiary/aromatic N) is 1. The number of nitriles is 1. The highest BCUT2D eigenvalue weighted by molar-refractivity contribution is 14.1. The Morgan fingerprint density at radius 1 is 1.30 bits per heavy atom. The average Bonchev–Trinajstić information content (AvgIpc) is 2.68. The second kappa shape index (κ2) is 10.8. The van der Waals surface area contributed by atoms with Crippen LogP contribution in [0.2, 0.25) is 5.02 Å². The molecule has 0 saturated carbocycles. The van der Waals surface area contributed by atoms with Crippen LogP contribution in [-0.2, 0) is 9.59 Å². The van der Waals surface area contributed by atoms with Crippen molar-refractivity contribution in [1.82, 2.24) is 0 Å². The fourth-order valence-corrected chi connectivity index (χ4v) is 3.35. The molecule has 0 radical (unpaired) electrons. The minimum absolute atomic E-state index is 0.121. The molecule has 30 heavy (non-hydrogen) atoms. The molecule has 1 amide bonds. The minimum atomic E-state index is -1.11. The van der Waals surface area contributed by atoms with Crippen LogP contribution in [0.15, 0.2) is 35.9 Å². The number of rotatable bonds is 8. The van der Waals surface area contributed by atoms with E-state index in [0.29, 0.717) is 32.2 Å². The predicted octanol–water partition coefficient (Wildman–Crippen LogP) is 4.66. The first-order valence-corrected chi connectivity index (χ1v) is 10.2. The van der Waals surface area contributed by atoms with Crippen LogP contribution in [0.25, 0.3) is 6.08 Å². The third kappa shape index (κ3) is 6.37. The Hall–Kier alpha value is -2.77. The summed E-state index contributed by atoms with van der Waals surface area (Å²) in [6.07, 6.45) is 1.41. The van der Waals surface area contributed by atoms with Gasteiger partial charge in [-0.25, -0.2) is 4.79 Å². The Labute approximate surface area is 192 Å². The number of carbonyl (C=O) groups excluding carboxylic acids is 1. The van der Waals surface area contributed by atoms with Crippen molar-refractivity contribution in [3.63, 3.8) is 0 Å². The number of anilines is 1. The number of benzene rings is 2. The standard InChI is InChI=1S/C21H18ClIN2O5/c1-3-29-18-8-13(7-17(23)20(18)30-11-19(26)27)6-14(10-24)21(28)25-15-5-4-12(2)16(22)9-15/h4-9H,3,11H2,1-2H3,(H,25,28)(H,26,27)/b14-6+. The fraction of sp³-hybridized carbons (Fsp3) is 0.190. The number of aryl methyl sites for hydroxylation is 1. The molecule has 0 aliphatic rings. The molecule has 0 saturated heterocycles. The van der Waals surface area contributed by atoms with Crippen LogP contribution in [-0.4, -0.2) is 30.2 Å². The number of nitrogens with one attached hydrogen (secondary N) is 1. The molecule has 0 aromatic heterocycles. The van der Waals surface area contributed by atoms with E-state index in [9.17, 15) is 14.9 Å². The molecule has 0 heterocycles. The van der Waals surface area contributed by atoms with E-state index < -0.39 is 18.5 Å². The number of carboxylic acid groups (broad SMARTS) is 1. The van der Waals surface area contributed by atoms with Gasteiger partial charge in [0.05, 0.1) is 10.2 Å². The van der Waals surface area contributed by atoms with Gasteiger partial charge in [0.1, 0.15) is 11.6 Å². The normalized spacial score (nSPS) is 10.8. The largest absolute Gasteiger partial charge is 0.490 e. The van der Waals surface area contributed by atoms with E-state index in [1.54, 1.807) is 37.3 Å². The van der Waals surface area contributed by atoms with Crippen LogP contribution in [0.1, 0.15) is 18.1 Å². The minimum Gasteiger partial charge on any atom is -0.490 e. The van der Waals surface area contributed by atoms with Crippen molar-refractivity contribution in [2.24, 2.45) is 0 Å². The second-order valence-corrected chi connectivity index (χ2v) is 7.60. The number of halogens is 2. The van der Waals surface area contributed by atoms with Crippen LogP contribution in [0.4, 0.5) is 5.69 Å². The molecule has 0 bridgehead atoms. The zero-order chi connectivity index (χ0) is 22.3. The molecule has 2 aromatic carbocycles. The van der Waals surface area contributed by atoms with Gasteiger partial charge >= 0.3 is 5.97 Å². The van der Waals surface area contributed by atoms with Crippen molar-refractivity contribution in [1.29, 1.82) is 5.26 Å². The molecule has 2 rings (SSSR count). The molecule has 156 valence electrons. The third-order valence-electron chi connectivity index (χ3n) is 3.78. The Balaban J connectivity index is 2.33. The van der Waals surface area contributed by atoms with Gasteiger partial charge in [-0.05, 0) is 77.9 Å². The summed E-state index contributed by atoms with van der Waals surface area (Å²) in [5.41, 5.74) is 1.75. The van der Waals surface area contributed by atoms with Gasteiger partial charge in [-0.15, -0.1) is 0 Å². The van der Waals surface area contributed by atoms with Gasteiger partial charge in [-0.2, -0.15) is 5.26 Å². The van der Waals surface area contributed by atoms with Crippen LogP contribution in [0.5, 0.6) is 11.5 Å². The SMILES string of the molecule is CCOc1cc(/C=C(\C#N)C(=O)Nc2ccc(C)c(Cl)c2)cc(I)c1OCC(=O)O. The number of hydrogen-bond donors (Lipinski definition) is 2. The molecule has 0 atom stereocenters. The van der Waals surface area contributed by atoms with E-state index in [-0.39, 0.29) is 11.3 Å². The predicted molar refractivity (Wildman–Crippen MR) is 122 cm³/mol. The highest BCUT2D eigenvalue weighted by Crippen LogP contribution is 2.35. The number of amides is 1. The summed E-state index contributed by atoms with van der Waals surface area (Å²) in [6.45, 7) is 3.43. The zero-order valence-corrected chi connectivity index (χ0v) is 19.1. The smallest absolute Gasteiger partial charge is 0.341 e. The summed E-state index contributed by atoms with van der Waals surface area (Å²) in [4.78, 5) is 23.3. The van der Waals surface area contributed by atoms with Crippen molar-refractivity contribution >= 4 is 57.8 Å². The quantitative estimate of drug-likeness (QED) is 0.286. The first-order chi connectivity index (χ1) is 14.2. The Morgan fingerprint density at radius 3 is 2.63 bits per heavy atom. The van der Waals surface area contributed by atoms with Crippen LogP contribution >= 0.6 is 34.2 Å². The van der Waals surface area contributed by atoms with Gasteiger partial charge in [-0.1, -0.05) is 17.7 Å². The van der Waals surface area contributed by atoms with Gasteiger partial charge in [-0.3, -0.25) is 4.79 Å². The third-order valence-corrected chi connectivity index (χ3v) is 4.99. The maximum Gasteiger partial charge on any atom is 0.341 e. The van der Waals surface area contributed by atoms with Crippen LogP contribution < -0.4 is 14.8 Å². The van der Waals surface area contributed by atoms with E-state index in [2.05, 4.69) is 5.32 Å². The summed E-state index contributed by atoms with van der Waals surface area (Å²) in [6, 6.07) is 10.2. The monoisotopic (exact) mass is 540 g/mol. The molecule has 0 fully saturated rings. The van der Waals surface area contributed by atoms with Crippen molar-refractivity contribution < 1.29 is 24.2 Å². The summed E-state index contributed by atoms with van der Waals surface area (Å²) in [7, 11) is 0. The summed E-state index contributed by atoms with van der Waals surface area (Å²) in [5.74, 6) is -1.09. The second-order valence-electron chi connectivity index (χ2n) is 6.03. The van der Waals surface area contributed by atoms with Gasteiger partial charge < -0.3 is 19.9 Å². The summed E-state index contributed by atoms with van der Waals surface area (Å²) in [5, 5.41) is 21.4. The molecule has 7 nitrogen and oxygen atoms in total. The molecule has 2 aromatic rings. The highest BCUT2D eigenvalue weighted by Gasteiger charge is 2.15. The first kappa shape index (κ1) is 23.5. The number of ether oxygens (including phenoxy) is 2. The van der Waals surface area contributed by atoms with E-state index >= 15 is 0 Å². The molecule has 0 unspecified atom stereocenters. The molecule has 2 N–H and O–H groups in total. The number of carboxylic acids is 1. The number of aliphatic carboxylic acids is 1. The van der Waals surface area contributed by atoms with Crippen LogP contribution in [0, 0.1) is 21.8 Å². The van der Waals surface area contributed by atoms with E-state index in [1.807, 2.05) is 35.6 Å². The van der Waals surface area contributed by atoms with E-state index in [0.717, 1.165) is 5.56 Å².